The third-order valence-electron chi connectivity index (χ3n) is 6.02. The summed E-state index contributed by atoms with van der Waals surface area (Å²) in [6, 6.07) is 1.75. The summed E-state index contributed by atoms with van der Waals surface area (Å²) in [6.45, 7) is 1.89. The molecule has 0 aliphatic heterocycles. The van der Waals surface area contributed by atoms with Crippen molar-refractivity contribution < 1.29 is 26.3 Å². The fourth-order valence-corrected chi connectivity index (χ4v) is 3.99. The van der Waals surface area contributed by atoms with Crippen LogP contribution in [0.25, 0.3) is 22.3 Å². The average Bonchev–Trinajstić information content (AvgIpc) is 2.88. The second-order valence-electron chi connectivity index (χ2n) is 8.61. The molecule has 3 heterocycles. The molecule has 2 N–H and O–H groups in total. The van der Waals surface area contributed by atoms with E-state index in [4.69, 9.17) is 0 Å². The van der Waals surface area contributed by atoms with E-state index in [9.17, 15) is 35.9 Å². The number of hydrogen-bond donors (Lipinski definition) is 2. The summed E-state index contributed by atoms with van der Waals surface area (Å²) in [5.74, 6) is -0.988. The molecule has 1 atom stereocenters. The van der Waals surface area contributed by atoms with Crippen molar-refractivity contribution in [1.29, 1.82) is 0 Å². The minimum absolute atomic E-state index is 0.0301. The topological polar surface area (TPSA) is 118 Å². The van der Waals surface area contributed by atoms with Crippen molar-refractivity contribution >= 4 is 16.6 Å². The van der Waals surface area contributed by atoms with Crippen molar-refractivity contribution in [3.8, 4) is 11.4 Å². The van der Waals surface area contributed by atoms with E-state index < -0.39 is 52.4 Å². The van der Waals surface area contributed by atoms with Gasteiger partial charge in [-0.3, -0.25) is 14.2 Å². The average molecular weight is 553 g/mol. The van der Waals surface area contributed by atoms with Crippen molar-refractivity contribution in [1.82, 2.24) is 29.7 Å². The van der Waals surface area contributed by atoms with Gasteiger partial charge in [0.05, 0.1) is 40.2 Å². The Balaban J connectivity index is 1.49. The minimum atomic E-state index is -4.88. The highest BCUT2D eigenvalue weighted by atomic mass is 19.4. The van der Waals surface area contributed by atoms with Gasteiger partial charge < -0.3 is 5.32 Å². The lowest BCUT2D eigenvalue weighted by atomic mass is 10.1. The van der Waals surface area contributed by atoms with Gasteiger partial charge in [0.15, 0.2) is 5.82 Å². The standard InChI is InChI=1S/C24H21F6N7O2/c1-2-13(35-18-10-34-36-22(38)19(18)24(28,29)30)4-3-5-37-11-33-17-7-14(16(25)6-15(17)23(37)39)21-31-8-12(9-32-21)20(26)27/h6-11,13,20H,2-5H2,1H3,(H2,35,36,38)/t13-/m0/s1. The number of aromatic amines is 1. The summed E-state index contributed by atoms with van der Waals surface area (Å²) in [6.07, 6.45) is -2.63. The minimum Gasteiger partial charge on any atom is -0.380 e. The van der Waals surface area contributed by atoms with Gasteiger partial charge in [-0.15, -0.1) is 0 Å². The number of H-pyrrole nitrogens is 1. The van der Waals surface area contributed by atoms with Crippen LogP contribution in [-0.4, -0.2) is 35.8 Å². The first kappa shape index (κ1) is 27.7. The molecule has 0 radical (unpaired) electrons. The van der Waals surface area contributed by atoms with Crippen molar-refractivity contribution in [2.24, 2.45) is 0 Å². The van der Waals surface area contributed by atoms with Crippen LogP contribution < -0.4 is 16.4 Å². The molecule has 0 aliphatic carbocycles. The molecule has 9 nitrogen and oxygen atoms in total. The molecule has 0 amide bonds. The molecule has 3 aromatic heterocycles. The molecule has 206 valence electrons. The maximum absolute atomic E-state index is 14.8. The van der Waals surface area contributed by atoms with E-state index in [1.807, 2.05) is 0 Å². The first-order valence-electron chi connectivity index (χ1n) is 11.7. The van der Waals surface area contributed by atoms with Crippen molar-refractivity contribution in [2.75, 3.05) is 5.32 Å². The number of alkyl halides is 5. The first-order valence-corrected chi connectivity index (χ1v) is 11.7. The summed E-state index contributed by atoms with van der Waals surface area (Å²) in [7, 11) is 0. The van der Waals surface area contributed by atoms with Gasteiger partial charge in [0, 0.05) is 25.0 Å². The largest absolute Gasteiger partial charge is 0.423 e. The Hall–Kier alpha value is -4.30. The van der Waals surface area contributed by atoms with Gasteiger partial charge in [-0.2, -0.15) is 18.3 Å². The predicted octanol–water partition coefficient (Wildman–Crippen LogP) is 4.70. The van der Waals surface area contributed by atoms with Gasteiger partial charge in [0.1, 0.15) is 11.4 Å². The number of nitrogens with one attached hydrogen (secondary N) is 2. The number of aromatic nitrogens is 6. The van der Waals surface area contributed by atoms with Crippen molar-refractivity contribution in [2.45, 2.75) is 51.4 Å². The van der Waals surface area contributed by atoms with Crippen LogP contribution in [0.4, 0.5) is 32.0 Å². The maximum Gasteiger partial charge on any atom is 0.423 e. The van der Waals surface area contributed by atoms with Crippen LogP contribution in [0.2, 0.25) is 0 Å². The smallest absolute Gasteiger partial charge is 0.380 e. The second-order valence-corrected chi connectivity index (χ2v) is 8.61. The van der Waals surface area contributed by atoms with E-state index in [1.165, 1.54) is 17.0 Å². The molecule has 1 aromatic carbocycles. The van der Waals surface area contributed by atoms with E-state index in [1.54, 1.807) is 12.0 Å². The first-order chi connectivity index (χ1) is 18.5. The lowest BCUT2D eigenvalue weighted by Crippen LogP contribution is -2.28. The summed E-state index contributed by atoms with van der Waals surface area (Å²) < 4.78 is 81.5. The molecule has 0 unspecified atom stereocenters. The third kappa shape index (κ3) is 6.07. The van der Waals surface area contributed by atoms with E-state index >= 15 is 0 Å². The van der Waals surface area contributed by atoms with Crippen molar-refractivity contribution in [3.05, 3.63) is 74.7 Å². The van der Waals surface area contributed by atoms with Crippen LogP contribution in [0.5, 0.6) is 0 Å². The zero-order valence-corrected chi connectivity index (χ0v) is 20.3. The highest BCUT2D eigenvalue weighted by molar-refractivity contribution is 5.82. The number of anilines is 1. The van der Waals surface area contributed by atoms with Crippen molar-refractivity contribution in [3.63, 3.8) is 0 Å². The van der Waals surface area contributed by atoms with Crippen LogP contribution in [0.15, 0.2) is 46.6 Å². The molecule has 4 aromatic rings. The predicted molar refractivity (Wildman–Crippen MR) is 129 cm³/mol. The van der Waals surface area contributed by atoms with E-state index in [2.05, 4.69) is 25.4 Å². The lowest BCUT2D eigenvalue weighted by Gasteiger charge is -2.20. The lowest BCUT2D eigenvalue weighted by molar-refractivity contribution is -0.138. The molecule has 39 heavy (non-hydrogen) atoms. The Kier molecular flexibility index (Phi) is 7.97. The Morgan fingerprint density at radius 3 is 2.44 bits per heavy atom. The molecule has 0 spiro atoms. The van der Waals surface area contributed by atoms with Crippen LogP contribution >= 0.6 is 0 Å². The number of hydrogen-bond acceptors (Lipinski definition) is 7. The Labute approximate surface area is 216 Å². The Morgan fingerprint density at radius 1 is 1.08 bits per heavy atom. The van der Waals surface area contributed by atoms with Gasteiger partial charge in [0.2, 0.25) is 0 Å². The van der Waals surface area contributed by atoms with Gasteiger partial charge in [-0.25, -0.2) is 33.2 Å². The quantitative estimate of drug-likeness (QED) is 0.289. The molecule has 0 saturated heterocycles. The summed E-state index contributed by atoms with van der Waals surface area (Å²) in [5, 5.41) is 7.89. The Morgan fingerprint density at radius 2 is 1.79 bits per heavy atom. The highest BCUT2D eigenvalue weighted by Crippen LogP contribution is 2.32. The number of nitrogens with zero attached hydrogens (tertiary/aromatic N) is 5. The van der Waals surface area contributed by atoms with Gasteiger partial charge in [-0.05, 0) is 31.4 Å². The Bertz CT molecular complexity index is 1590. The van der Waals surface area contributed by atoms with Crippen LogP contribution in [0.3, 0.4) is 0 Å². The summed E-state index contributed by atoms with van der Waals surface area (Å²) >= 11 is 0. The number of rotatable bonds is 9. The number of benzene rings is 1. The SMILES string of the molecule is CC[C@@H](CCCn1cnc2cc(-c3ncc(C(F)F)cn3)c(F)cc2c1=O)Nc1cn[nH]c(=O)c1C(F)(F)F. The van der Waals surface area contributed by atoms with Crippen LogP contribution in [-0.2, 0) is 12.7 Å². The molecule has 0 saturated carbocycles. The molecule has 15 heteroatoms. The second kappa shape index (κ2) is 11.2. The van der Waals surface area contributed by atoms with Crippen LogP contribution in [0.1, 0.15) is 43.7 Å². The highest BCUT2D eigenvalue weighted by Gasteiger charge is 2.37. The number of fused-ring (bicyclic) bond motifs is 1. The molecule has 0 aliphatic rings. The van der Waals surface area contributed by atoms with Gasteiger partial charge in [-0.1, -0.05) is 6.92 Å². The number of halogens is 6. The van der Waals surface area contributed by atoms with E-state index in [0.717, 1.165) is 24.7 Å². The maximum atomic E-state index is 14.8. The fraction of sp³-hybridized carbons (Fsp3) is 0.333. The zero-order chi connectivity index (χ0) is 28.3. The molecular weight excluding hydrogens is 532 g/mol. The third-order valence-corrected chi connectivity index (χ3v) is 6.02. The van der Waals surface area contributed by atoms with Gasteiger partial charge >= 0.3 is 6.18 Å². The molecule has 0 bridgehead atoms. The monoisotopic (exact) mass is 553 g/mol. The summed E-state index contributed by atoms with van der Waals surface area (Å²) in [4.78, 5) is 36.3. The normalized spacial score (nSPS) is 12.7. The van der Waals surface area contributed by atoms with Crippen LogP contribution in [0, 0.1) is 5.82 Å². The van der Waals surface area contributed by atoms with E-state index in [-0.39, 0.29) is 28.8 Å². The zero-order valence-electron chi connectivity index (χ0n) is 20.3. The molecule has 4 rings (SSSR count). The number of aryl methyl sites for hydroxylation is 1. The van der Waals surface area contributed by atoms with E-state index in [0.29, 0.717) is 19.3 Å². The summed E-state index contributed by atoms with van der Waals surface area (Å²) in [5.41, 5.74) is -4.11. The molecular formula is C24H21F6N7O2. The molecule has 0 fully saturated rings. The fourth-order valence-electron chi connectivity index (χ4n) is 3.99. The van der Waals surface area contributed by atoms with Gasteiger partial charge in [0.25, 0.3) is 17.5 Å².